The van der Waals surface area contributed by atoms with E-state index in [0.717, 1.165) is 25.9 Å². The summed E-state index contributed by atoms with van der Waals surface area (Å²) in [5.74, 6) is 0.362. The predicted molar refractivity (Wildman–Crippen MR) is 78.7 cm³/mol. The van der Waals surface area contributed by atoms with E-state index in [-0.39, 0.29) is 23.2 Å². The number of hydrogen-bond acceptors (Lipinski definition) is 6. The van der Waals surface area contributed by atoms with E-state index in [1.807, 2.05) is 4.90 Å². The Morgan fingerprint density at radius 2 is 2.18 bits per heavy atom. The predicted octanol–water partition coefficient (Wildman–Crippen LogP) is -0.405. The molecule has 0 radical (unpaired) electrons. The number of nitrogens with one attached hydrogen (secondary N) is 3. The number of carbonyl (C=O) groups is 1. The number of rotatable bonds is 3. The molecule has 1 amide bonds. The summed E-state index contributed by atoms with van der Waals surface area (Å²) in [4.78, 5) is 32.5. The van der Waals surface area contributed by atoms with Gasteiger partial charge < -0.3 is 10.2 Å². The fraction of sp³-hybridized carbons (Fsp3) is 0.462. The van der Waals surface area contributed by atoms with Gasteiger partial charge in [-0.25, -0.2) is 4.98 Å². The number of H-pyrrole nitrogens is 2. The van der Waals surface area contributed by atoms with Crippen LogP contribution in [0.25, 0.3) is 0 Å². The molecule has 3 N–H and O–H groups in total. The van der Waals surface area contributed by atoms with Gasteiger partial charge >= 0.3 is 0 Å². The lowest BCUT2D eigenvalue weighted by atomic mass is 10.1. The van der Waals surface area contributed by atoms with E-state index in [0.29, 0.717) is 11.6 Å². The van der Waals surface area contributed by atoms with E-state index in [4.69, 9.17) is 0 Å². The number of nitrogens with zero attached hydrogens (tertiary/aromatic N) is 4. The molecule has 1 saturated heterocycles. The fourth-order valence-corrected chi connectivity index (χ4v) is 2.52. The number of amides is 1. The van der Waals surface area contributed by atoms with Crippen molar-refractivity contribution in [1.29, 1.82) is 0 Å². The van der Waals surface area contributed by atoms with Crippen molar-refractivity contribution in [3.05, 3.63) is 34.0 Å². The summed E-state index contributed by atoms with van der Waals surface area (Å²) < 4.78 is 0. The average molecular weight is 303 g/mol. The Kier molecular flexibility index (Phi) is 3.86. The van der Waals surface area contributed by atoms with Gasteiger partial charge in [-0.1, -0.05) is 0 Å². The zero-order valence-electron chi connectivity index (χ0n) is 12.2. The van der Waals surface area contributed by atoms with Gasteiger partial charge in [0.25, 0.3) is 11.5 Å². The Balaban J connectivity index is 1.58. The van der Waals surface area contributed by atoms with Gasteiger partial charge in [-0.3, -0.25) is 14.6 Å². The van der Waals surface area contributed by atoms with Gasteiger partial charge in [0, 0.05) is 30.9 Å². The zero-order chi connectivity index (χ0) is 15.5. The maximum Gasteiger partial charge on any atom is 0.273 e. The molecule has 2 aromatic heterocycles. The van der Waals surface area contributed by atoms with E-state index < -0.39 is 0 Å². The van der Waals surface area contributed by atoms with Crippen molar-refractivity contribution >= 4 is 11.9 Å². The first kappa shape index (κ1) is 14.2. The maximum atomic E-state index is 11.9. The first-order valence-electron chi connectivity index (χ1n) is 7.11. The Morgan fingerprint density at radius 3 is 2.82 bits per heavy atom. The van der Waals surface area contributed by atoms with Crippen molar-refractivity contribution in [3.63, 3.8) is 0 Å². The molecule has 3 heterocycles. The number of piperidine rings is 1. The number of aromatic amines is 2. The number of hydrogen-bond donors (Lipinski definition) is 3. The van der Waals surface area contributed by atoms with Gasteiger partial charge in [0.2, 0.25) is 5.95 Å². The molecule has 22 heavy (non-hydrogen) atoms. The van der Waals surface area contributed by atoms with Crippen LogP contribution in [0.2, 0.25) is 0 Å². The van der Waals surface area contributed by atoms with Crippen LogP contribution in [0.3, 0.4) is 0 Å². The topological polar surface area (TPSA) is 120 Å². The number of aromatic nitrogens is 5. The molecule has 9 heteroatoms. The molecule has 0 unspecified atom stereocenters. The fourth-order valence-electron chi connectivity index (χ4n) is 2.52. The van der Waals surface area contributed by atoms with Gasteiger partial charge in [-0.15, -0.1) is 0 Å². The second kappa shape index (κ2) is 5.96. The van der Waals surface area contributed by atoms with Gasteiger partial charge in [-0.2, -0.15) is 15.4 Å². The van der Waals surface area contributed by atoms with Crippen LogP contribution < -0.4 is 15.8 Å². The summed E-state index contributed by atoms with van der Waals surface area (Å²) in [5.41, 5.74) is 0.830. The maximum absolute atomic E-state index is 11.9. The minimum atomic E-state index is -0.228. The minimum absolute atomic E-state index is 0.0805. The van der Waals surface area contributed by atoms with Gasteiger partial charge in [-0.05, 0) is 19.8 Å². The highest BCUT2D eigenvalue weighted by Gasteiger charge is 2.23. The number of aryl methyl sites for hydroxylation is 1. The normalized spacial score (nSPS) is 15.8. The third kappa shape index (κ3) is 3.13. The Hall–Kier alpha value is -2.71. The lowest BCUT2D eigenvalue weighted by Gasteiger charge is -2.32. The van der Waals surface area contributed by atoms with Crippen molar-refractivity contribution in [2.24, 2.45) is 0 Å². The molecule has 0 saturated carbocycles. The lowest BCUT2D eigenvalue weighted by molar-refractivity contribution is 0.0926. The Labute approximate surface area is 126 Å². The van der Waals surface area contributed by atoms with Crippen molar-refractivity contribution in [3.8, 4) is 0 Å². The average Bonchev–Trinajstić information content (AvgIpc) is 3.01. The minimum Gasteiger partial charge on any atom is -0.348 e. The molecule has 1 aliphatic heterocycles. The summed E-state index contributed by atoms with van der Waals surface area (Å²) in [5, 5.41) is 12.7. The molecule has 0 aliphatic carbocycles. The molecule has 0 spiro atoms. The smallest absolute Gasteiger partial charge is 0.273 e. The second-order valence-electron chi connectivity index (χ2n) is 5.30. The molecule has 0 bridgehead atoms. The molecule has 2 aromatic rings. The number of anilines is 1. The van der Waals surface area contributed by atoms with E-state index >= 15 is 0 Å². The first-order valence-corrected chi connectivity index (χ1v) is 7.11. The van der Waals surface area contributed by atoms with Crippen molar-refractivity contribution < 1.29 is 4.79 Å². The van der Waals surface area contributed by atoms with Crippen molar-refractivity contribution in [1.82, 2.24) is 30.7 Å². The summed E-state index contributed by atoms with van der Waals surface area (Å²) >= 11 is 0. The van der Waals surface area contributed by atoms with Crippen LogP contribution in [0, 0.1) is 6.92 Å². The van der Waals surface area contributed by atoms with Crippen LogP contribution >= 0.6 is 0 Å². The quantitative estimate of drug-likeness (QED) is 0.709. The summed E-state index contributed by atoms with van der Waals surface area (Å²) in [6, 6.07) is 1.55. The van der Waals surface area contributed by atoms with Crippen LogP contribution in [0.5, 0.6) is 0 Å². The third-order valence-corrected chi connectivity index (χ3v) is 3.63. The van der Waals surface area contributed by atoms with Crippen LogP contribution in [0.15, 0.2) is 17.1 Å². The molecule has 1 aliphatic rings. The first-order chi connectivity index (χ1) is 10.6. The lowest BCUT2D eigenvalue weighted by Crippen LogP contribution is -2.45. The van der Waals surface area contributed by atoms with Crippen molar-refractivity contribution in [2.75, 3.05) is 18.0 Å². The molecule has 0 aromatic carbocycles. The molecule has 3 rings (SSSR count). The molecule has 0 atom stereocenters. The van der Waals surface area contributed by atoms with E-state index in [1.54, 1.807) is 6.92 Å². The van der Waals surface area contributed by atoms with Gasteiger partial charge in [0.1, 0.15) is 0 Å². The van der Waals surface area contributed by atoms with E-state index in [2.05, 4.69) is 30.7 Å². The SMILES string of the molecule is Cc1cc(=O)[nH]c(N2CCC(NC(=O)c3cn[nH]n3)CC2)n1. The van der Waals surface area contributed by atoms with E-state index in [9.17, 15) is 9.59 Å². The zero-order valence-corrected chi connectivity index (χ0v) is 12.2. The van der Waals surface area contributed by atoms with Gasteiger partial charge in [0.15, 0.2) is 5.69 Å². The van der Waals surface area contributed by atoms with Crippen LogP contribution in [0.4, 0.5) is 5.95 Å². The molecule has 116 valence electrons. The summed E-state index contributed by atoms with van der Waals surface area (Å²) in [6.07, 6.45) is 2.95. The molecular formula is C13H17N7O2. The molecular weight excluding hydrogens is 286 g/mol. The molecule has 9 nitrogen and oxygen atoms in total. The second-order valence-corrected chi connectivity index (χ2v) is 5.30. The number of carbonyl (C=O) groups excluding carboxylic acids is 1. The van der Waals surface area contributed by atoms with Crippen LogP contribution in [-0.4, -0.2) is 50.4 Å². The largest absolute Gasteiger partial charge is 0.348 e. The third-order valence-electron chi connectivity index (χ3n) is 3.63. The monoisotopic (exact) mass is 303 g/mol. The van der Waals surface area contributed by atoms with Gasteiger partial charge in [0.05, 0.1) is 6.20 Å². The molecule has 1 fully saturated rings. The summed E-state index contributed by atoms with van der Waals surface area (Å²) in [7, 11) is 0. The van der Waals surface area contributed by atoms with Crippen LogP contribution in [0.1, 0.15) is 29.0 Å². The highest BCUT2D eigenvalue weighted by Crippen LogP contribution is 2.15. The van der Waals surface area contributed by atoms with Crippen molar-refractivity contribution in [2.45, 2.75) is 25.8 Å². The highest BCUT2D eigenvalue weighted by molar-refractivity contribution is 5.92. The van der Waals surface area contributed by atoms with Crippen LogP contribution in [-0.2, 0) is 0 Å². The standard InChI is InChI=1S/C13H17N7O2/c1-8-6-11(21)17-13(15-8)20-4-2-9(3-5-20)16-12(22)10-7-14-19-18-10/h6-7,9H,2-5H2,1H3,(H,16,22)(H,14,18,19)(H,15,17,21). The Morgan fingerprint density at radius 1 is 1.41 bits per heavy atom. The Bertz CT molecular complexity index is 701. The summed E-state index contributed by atoms with van der Waals surface area (Å²) in [6.45, 7) is 3.23. The highest BCUT2D eigenvalue weighted by atomic mass is 16.2. The van der Waals surface area contributed by atoms with E-state index in [1.165, 1.54) is 12.3 Å².